The fourth-order valence-corrected chi connectivity index (χ4v) is 6.60. The molecule has 0 bridgehead atoms. The molecule has 4 aromatic rings. The molecular weight excluding hydrogens is 534 g/mol. The van der Waals surface area contributed by atoms with Gasteiger partial charge in [0.25, 0.3) is 5.91 Å². The molecule has 37 heavy (non-hydrogen) atoms. The average molecular weight is 556 g/mol. The Labute approximate surface area is 225 Å². The Morgan fingerprint density at radius 3 is 2.89 bits per heavy atom. The highest BCUT2D eigenvalue weighted by Gasteiger charge is 2.37. The van der Waals surface area contributed by atoms with E-state index in [2.05, 4.69) is 21.1 Å². The quantitative estimate of drug-likeness (QED) is 0.344. The van der Waals surface area contributed by atoms with Gasteiger partial charge in [-0.2, -0.15) is 10.4 Å². The maximum atomic E-state index is 13.5. The van der Waals surface area contributed by atoms with Crippen LogP contribution in [0.15, 0.2) is 23.6 Å². The average Bonchev–Trinajstić information content (AvgIpc) is 3.62. The summed E-state index contributed by atoms with van der Waals surface area (Å²) in [5, 5.41) is 16.9. The van der Waals surface area contributed by atoms with Crippen molar-refractivity contribution in [2.75, 3.05) is 44.4 Å². The Morgan fingerprint density at radius 1 is 1.30 bits per heavy atom. The molecule has 0 radical (unpaired) electrons. The van der Waals surface area contributed by atoms with E-state index in [-0.39, 0.29) is 17.7 Å². The molecule has 0 N–H and O–H groups in total. The Hall–Kier alpha value is -3.24. The standard InChI is InChI=1S/C24H22ClN7O3S2/c1-14-29-32-21-16(27-24(32)37-14)4-5-31(22(21)18-10-15(11-26)13-36-18)20(33)12-35-17-2-3-19(28-23(17)25)30-6-8-34-9-7-30/h2-3,10,13,22H,4-9,12H2,1H3. The minimum Gasteiger partial charge on any atom is -0.481 e. The number of carbonyl (C=O) groups is 1. The van der Waals surface area contributed by atoms with Crippen LogP contribution in [0, 0.1) is 18.3 Å². The lowest BCUT2D eigenvalue weighted by Crippen LogP contribution is -2.43. The number of aryl methyl sites for hydroxylation is 1. The molecule has 1 atom stereocenters. The summed E-state index contributed by atoms with van der Waals surface area (Å²) < 4.78 is 13.1. The molecule has 0 spiro atoms. The largest absolute Gasteiger partial charge is 0.481 e. The van der Waals surface area contributed by atoms with Gasteiger partial charge in [-0.05, 0) is 25.1 Å². The van der Waals surface area contributed by atoms with Crippen LogP contribution in [0.3, 0.4) is 0 Å². The van der Waals surface area contributed by atoms with Crippen LogP contribution >= 0.6 is 34.3 Å². The van der Waals surface area contributed by atoms with E-state index in [9.17, 15) is 10.1 Å². The molecule has 2 aliphatic heterocycles. The van der Waals surface area contributed by atoms with Crippen LogP contribution in [0.5, 0.6) is 5.75 Å². The number of aromatic nitrogens is 4. The van der Waals surface area contributed by atoms with Gasteiger partial charge in [-0.15, -0.1) is 11.3 Å². The second-order valence-corrected chi connectivity index (χ2v) is 11.2. The molecule has 1 unspecified atom stereocenters. The van der Waals surface area contributed by atoms with E-state index in [0.717, 1.165) is 45.1 Å². The zero-order valence-corrected chi connectivity index (χ0v) is 22.3. The van der Waals surface area contributed by atoms with Crippen LogP contribution in [0.4, 0.5) is 5.82 Å². The summed E-state index contributed by atoms with van der Waals surface area (Å²) in [5.74, 6) is 0.911. The van der Waals surface area contributed by atoms with E-state index >= 15 is 0 Å². The number of pyridine rings is 1. The first kappa shape index (κ1) is 24.1. The van der Waals surface area contributed by atoms with Crippen molar-refractivity contribution in [3.8, 4) is 11.8 Å². The molecule has 1 amide bonds. The van der Waals surface area contributed by atoms with Crippen molar-refractivity contribution >= 4 is 51.0 Å². The Bertz CT molecular complexity index is 1520. The number of rotatable bonds is 5. The molecule has 0 saturated carbocycles. The number of carbonyl (C=O) groups excluding carboxylic acids is 1. The monoisotopic (exact) mass is 555 g/mol. The van der Waals surface area contributed by atoms with E-state index in [1.807, 2.05) is 23.6 Å². The third-order valence-corrected chi connectivity index (χ3v) is 8.48. The summed E-state index contributed by atoms with van der Waals surface area (Å²) in [5.41, 5.74) is 2.34. The molecule has 6 heterocycles. The van der Waals surface area contributed by atoms with Gasteiger partial charge in [0.15, 0.2) is 17.5 Å². The summed E-state index contributed by atoms with van der Waals surface area (Å²) >= 11 is 9.38. The summed E-state index contributed by atoms with van der Waals surface area (Å²) in [6.45, 7) is 5.00. The van der Waals surface area contributed by atoms with Crippen LogP contribution in [-0.4, -0.2) is 69.8 Å². The molecule has 2 aliphatic rings. The van der Waals surface area contributed by atoms with Gasteiger partial charge in [0.1, 0.15) is 22.9 Å². The number of morpholine rings is 1. The number of ether oxygens (including phenoxy) is 2. The summed E-state index contributed by atoms with van der Waals surface area (Å²) in [4.78, 5) is 28.3. The Morgan fingerprint density at radius 2 is 2.14 bits per heavy atom. The van der Waals surface area contributed by atoms with Crippen molar-refractivity contribution in [1.82, 2.24) is 24.5 Å². The molecule has 1 fully saturated rings. The van der Waals surface area contributed by atoms with E-state index in [1.165, 1.54) is 22.7 Å². The maximum absolute atomic E-state index is 13.5. The number of nitriles is 1. The van der Waals surface area contributed by atoms with Crippen molar-refractivity contribution in [3.05, 3.63) is 55.6 Å². The number of hydrogen-bond donors (Lipinski definition) is 0. The van der Waals surface area contributed by atoms with Gasteiger partial charge in [-0.3, -0.25) is 4.79 Å². The number of nitrogens with zero attached hydrogens (tertiary/aromatic N) is 7. The second-order valence-electron chi connectivity index (χ2n) is 8.69. The van der Waals surface area contributed by atoms with Crippen LogP contribution < -0.4 is 9.64 Å². The SMILES string of the molecule is Cc1nn2c3c(nc2s1)CCN(C(=O)COc1ccc(N2CCOCC2)nc1Cl)C3c1cc(C#N)cs1. The normalized spacial score (nSPS) is 17.6. The number of halogens is 1. The van der Waals surface area contributed by atoms with Gasteiger partial charge in [0, 0.05) is 36.3 Å². The summed E-state index contributed by atoms with van der Waals surface area (Å²) in [6, 6.07) is 7.19. The molecule has 1 saturated heterocycles. The fourth-order valence-electron chi connectivity index (χ4n) is 4.68. The van der Waals surface area contributed by atoms with E-state index in [0.29, 0.717) is 37.5 Å². The molecule has 190 valence electrons. The number of hydrogen-bond acceptors (Lipinski definition) is 10. The van der Waals surface area contributed by atoms with Gasteiger partial charge in [0.2, 0.25) is 4.96 Å². The van der Waals surface area contributed by atoms with Crippen LogP contribution in [-0.2, 0) is 16.0 Å². The van der Waals surface area contributed by atoms with Crippen molar-refractivity contribution in [2.24, 2.45) is 0 Å². The smallest absolute Gasteiger partial charge is 0.261 e. The topological polar surface area (TPSA) is 109 Å². The first-order valence-electron chi connectivity index (χ1n) is 11.8. The van der Waals surface area contributed by atoms with E-state index in [1.54, 1.807) is 16.3 Å². The number of amides is 1. The van der Waals surface area contributed by atoms with Gasteiger partial charge in [0.05, 0.1) is 30.2 Å². The lowest BCUT2D eigenvalue weighted by molar-refractivity contribution is -0.135. The minimum absolute atomic E-state index is 0.196. The van der Waals surface area contributed by atoms with Gasteiger partial charge in [-0.1, -0.05) is 22.9 Å². The molecule has 13 heteroatoms. The predicted octanol–water partition coefficient (Wildman–Crippen LogP) is 3.47. The van der Waals surface area contributed by atoms with Gasteiger partial charge in [-0.25, -0.2) is 14.5 Å². The molecule has 6 rings (SSSR count). The highest BCUT2D eigenvalue weighted by molar-refractivity contribution is 7.16. The van der Waals surface area contributed by atoms with Crippen molar-refractivity contribution in [2.45, 2.75) is 19.4 Å². The van der Waals surface area contributed by atoms with Gasteiger partial charge < -0.3 is 19.3 Å². The van der Waals surface area contributed by atoms with E-state index < -0.39 is 6.04 Å². The molecular formula is C24H22ClN7O3S2. The van der Waals surface area contributed by atoms with Crippen molar-refractivity contribution in [1.29, 1.82) is 5.26 Å². The number of anilines is 1. The first-order valence-corrected chi connectivity index (χ1v) is 13.8. The Balaban J connectivity index is 1.25. The predicted molar refractivity (Wildman–Crippen MR) is 140 cm³/mol. The van der Waals surface area contributed by atoms with Crippen LogP contribution in [0.2, 0.25) is 5.15 Å². The summed E-state index contributed by atoms with van der Waals surface area (Å²) in [7, 11) is 0. The van der Waals surface area contributed by atoms with Crippen molar-refractivity contribution < 1.29 is 14.3 Å². The summed E-state index contributed by atoms with van der Waals surface area (Å²) in [6.07, 6.45) is 0.611. The second kappa shape index (κ2) is 9.90. The van der Waals surface area contributed by atoms with Crippen LogP contribution in [0.25, 0.3) is 4.96 Å². The molecule has 4 aromatic heterocycles. The molecule has 0 aliphatic carbocycles. The molecule has 0 aromatic carbocycles. The molecule has 10 nitrogen and oxygen atoms in total. The first-order chi connectivity index (χ1) is 18.0. The number of imidazole rings is 1. The van der Waals surface area contributed by atoms with Crippen LogP contribution in [0.1, 0.15) is 32.9 Å². The Kier molecular flexibility index (Phi) is 6.46. The maximum Gasteiger partial charge on any atom is 0.261 e. The highest BCUT2D eigenvalue weighted by atomic mass is 35.5. The van der Waals surface area contributed by atoms with E-state index in [4.69, 9.17) is 26.1 Å². The zero-order chi connectivity index (χ0) is 25.5. The zero-order valence-electron chi connectivity index (χ0n) is 19.9. The number of fused-ring (bicyclic) bond motifs is 3. The van der Waals surface area contributed by atoms with Crippen molar-refractivity contribution in [3.63, 3.8) is 0 Å². The lowest BCUT2D eigenvalue weighted by atomic mass is 10.0. The third kappa shape index (κ3) is 4.53. The minimum atomic E-state index is -0.416. The number of thiophene rings is 1. The lowest BCUT2D eigenvalue weighted by Gasteiger charge is -2.34. The third-order valence-electron chi connectivity index (χ3n) is 6.40. The highest BCUT2D eigenvalue weighted by Crippen LogP contribution is 2.39. The fraction of sp³-hybridized carbons (Fsp3) is 0.375. The van der Waals surface area contributed by atoms with Gasteiger partial charge >= 0.3 is 0 Å².